The van der Waals surface area contributed by atoms with Gasteiger partial charge in [0.05, 0.1) is 5.39 Å². The molecule has 2 fully saturated rings. The minimum absolute atomic E-state index is 0.110. The van der Waals surface area contributed by atoms with Crippen LogP contribution in [0.25, 0.3) is 10.8 Å². The summed E-state index contributed by atoms with van der Waals surface area (Å²) in [7, 11) is 0. The Morgan fingerprint density at radius 3 is 2.33 bits per heavy atom. The fraction of sp³-hybridized carbons (Fsp3) is 0.615. The first-order valence-corrected chi connectivity index (χ1v) is 11.7. The average molecular weight is 421 g/mol. The second-order valence-corrected chi connectivity index (χ2v) is 9.65. The van der Waals surface area contributed by atoms with Crippen molar-refractivity contribution in [1.82, 2.24) is 0 Å². The Hall–Kier alpha value is -1.58. The lowest BCUT2D eigenvalue weighted by atomic mass is 9.63. The molecule has 2 aromatic carbocycles. The summed E-state index contributed by atoms with van der Waals surface area (Å²) in [4.78, 5) is 0. The molecule has 0 aromatic heterocycles. The van der Waals surface area contributed by atoms with E-state index >= 15 is 0 Å². The van der Waals surface area contributed by atoms with Gasteiger partial charge in [0.1, 0.15) is 5.82 Å². The minimum Gasteiger partial charge on any atom is -0.206 e. The Balaban J connectivity index is 1.44. The average Bonchev–Trinajstić information content (AvgIpc) is 2.74. The third-order valence-corrected chi connectivity index (χ3v) is 7.71. The predicted octanol–water partition coefficient (Wildman–Crippen LogP) is 8.67. The lowest BCUT2D eigenvalue weighted by molar-refractivity contribution is 0.113. The van der Waals surface area contributed by atoms with Crippen LogP contribution in [0.15, 0.2) is 18.2 Å². The Morgan fingerprint density at radius 1 is 0.767 bits per heavy atom. The van der Waals surface area contributed by atoms with Gasteiger partial charge in [-0.3, -0.25) is 0 Å². The number of benzene rings is 2. The van der Waals surface area contributed by atoms with Crippen molar-refractivity contribution in [2.45, 2.75) is 83.5 Å². The summed E-state index contributed by atoms with van der Waals surface area (Å²) in [6.07, 6.45) is 13.7. The number of rotatable bonds is 6. The van der Waals surface area contributed by atoms with Gasteiger partial charge in [0.2, 0.25) is 0 Å². The third kappa shape index (κ3) is 4.38. The zero-order valence-corrected chi connectivity index (χ0v) is 17.8. The van der Waals surface area contributed by atoms with Crippen molar-refractivity contribution in [3.8, 4) is 0 Å². The van der Waals surface area contributed by atoms with Gasteiger partial charge in [0, 0.05) is 0 Å². The second kappa shape index (κ2) is 9.28. The van der Waals surface area contributed by atoms with E-state index in [2.05, 4.69) is 6.92 Å². The Bertz CT molecular complexity index is 890. The van der Waals surface area contributed by atoms with Crippen LogP contribution in [0.4, 0.5) is 17.6 Å². The summed E-state index contributed by atoms with van der Waals surface area (Å²) in [5.41, 5.74) is 0.797. The van der Waals surface area contributed by atoms with Gasteiger partial charge < -0.3 is 0 Å². The van der Waals surface area contributed by atoms with Crippen LogP contribution in [0, 0.1) is 41.0 Å². The quantitative estimate of drug-likeness (QED) is 0.249. The molecule has 2 unspecified atom stereocenters. The number of hydrogen-bond acceptors (Lipinski definition) is 0. The van der Waals surface area contributed by atoms with Crippen molar-refractivity contribution < 1.29 is 17.6 Å². The zero-order valence-electron chi connectivity index (χ0n) is 17.8. The fourth-order valence-electron chi connectivity index (χ4n) is 6.06. The highest BCUT2D eigenvalue weighted by molar-refractivity contribution is 5.84. The van der Waals surface area contributed by atoms with Crippen molar-refractivity contribution in [1.29, 1.82) is 0 Å². The van der Waals surface area contributed by atoms with E-state index in [-0.39, 0.29) is 11.3 Å². The van der Waals surface area contributed by atoms with E-state index < -0.39 is 28.7 Å². The van der Waals surface area contributed by atoms with Crippen LogP contribution < -0.4 is 0 Å². The molecule has 4 atom stereocenters. The van der Waals surface area contributed by atoms with Crippen LogP contribution in [-0.4, -0.2) is 0 Å². The molecule has 0 aliphatic heterocycles. The lowest BCUT2D eigenvalue weighted by Gasteiger charge is -2.42. The standard InChI is InChI=1S/C26H32F4/c1-2-3-4-5-6-16-7-8-18-12-19(10-9-17(18)11-16)20-13-21-15-23(28)25(29)26(30)24(21)22(27)14-20/h13-19H,2-12H2,1H3/t16-,17?,18-,19?/m1/s1. The third-order valence-electron chi connectivity index (χ3n) is 7.71. The predicted molar refractivity (Wildman–Crippen MR) is 113 cm³/mol. The van der Waals surface area contributed by atoms with Crippen LogP contribution >= 0.6 is 0 Å². The SMILES string of the molecule is CCCCCC[C@@H]1CC[C@@H]2CC(c3cc(F)c4c(F)c(F)c(F)cc4c3)CCC2C1. The molecule has 0 heterocycles. The first-order chi connectivity index (χ1) is 14.5. The molecular weight excluding hydrogens is 388 g/mol. The molecule has 0 N–H and O–H groups in total. The van der Waals surface area contributed by atoms with Crippen LogP contribution in [0.3, 0.4) is 0 Å². The molecule has 2 aliphatic carbocycles. The van der Waals surface area contributed by atoms with E-state index in [1.807, 2.05) is 0 Å². The maximum Gasteiger partial charge on any atom is 0.195 e. The van der Waals surface area contributed by atoms with Gasteiger partial charge in [0.25, 0.3) is 0 Å². The van der Waals surface area contributed by atoms with Crippen molar-refractivity contribution in [2.24, 2.45) is 17.8 Å². The zero-order chi connectivity index (χ0) is 21.3. The molecule has 4 heteroatoms. The smallest absolute Gasteiger partial charge is 0.195 e. The van der Waals surface area contributed by atoms with Crippen LogP contribution in [0.1, 0.15) is 89.0 Å². The van der Waals surface area contributed by atoms with Gasteiger partial charge in [-0.05, 0) is 78.9 Å². The molecule has 2 aliphatic rings. The van der Waals surface area contributed by atoms with Gasteiger partial charge in [-0.25, -0.2) is 17.6 Å². The van der Waals surface area contributed by atoms with Gasteiger partial charge in [-0.2, -0.15) is 0 Å². The highest BCUT2D eigenvalue weighted by atomic mass is 19.2. The molecule has 0 saturated heterocycles. The molecule has 0 radical (unpaired) electrons. The van der Waals surface area contributed by atoms with E-state index in [0.29, 0.717) is 5.92 Å². The first kappa shape index (κ1) is 21.6. The first-order valence-electron chi connectivity index (χ1n) is 11.7. The molecule has 2 aromatic rings. The molecule has 0 nitrogen and oxygen atoms in total. The second-order valence-electron chi connectivity index (χ2n) is 9.65. The van der Waals surface area contributed by atoms with Crippen molar-refractivity contribution in [3.05, 3.63) is 47.0 Å². The maximum atomic E-state index is 14.6. The van der Waals surface area contributed by atoms with Gasteiger partial charge in [-0.1, -0.05) is 51.5 Å². The fourth-order valence-corrected chi connectivity index (χ4v) is 6.06. The van der Waals surface area contributed by atoms with Gasteiger partial charge in [-0.15, -0.1) is 0 Å². The summed E-state index contributed by atoms with van der Waals surface area (Å²) < 4.78 is 55.8. The Morgan fingerprint density at radius 2 is 1.53 bits per heavy atom. The van der Waals surface area contributed by atoms with Gasteiger partial charge >= 0.3 is 0 Å². The number of hydrogen-bond donors (Lipinski definition) is 0. The maximum absolute atomic E-state index is 14.6. The highest BCUT2D eigenvalue weighted by Crippen LogP contribution is 2.49. The van der Waals surface area contributed by atoms with E-state index in [1.54, 1.807) is 6.07 Å². The van der Waals surface area contributed by atoms with E-state index in [9.17, 15) is 17.6 Å². The molecule has 30 heavy (non-hydrogen) atoms. The topological polar surface area (TPSA) is 0 Å². The van der Waals surface area contributed by atoms with E-state index in [0.717, 1.165) is 42.7 Å². The van der Waals surface area contributed by atoms with Crippen molar-refractivity contribution >= 4 is 10.8 Å². The Labute approximate surface area is 177 Å². The lowest BCUT2D eigenvalue weighted by Crippen LogP contribution is -2.30. The summed E-state index contributed by atoms with van der Waals surface area (Å²) in [5.74, 6) is -2.61. The molecule has 0 spiro atoms. The molecule has 4 rings (SSSR count). The van der Waals surface area contributed by atoms with Crippen LogP contribution in [0.5, 0.6) is 0 Å². The summed E-state index contributed by atoms with van der Waals surface area (Å²) >= 11 is 0. The van der Waals surface area contributed by atoms with Crippen LogP contribution in [-0.2, 0) is 0 Å². The number of unbranched alkanes of at least 4 members (excludes halogenated alkanes) is 3. The van der Waals surface area contributed by atoms with Gasteiger partial charge in [0.15, 0.2) is 17.5 Å². The summed E-state index contributed by atoms with van der Waals surface area (Å²) in [6.45, 7) is 2.25. The molecule has 164 valence electrons. The molecule has 0 bridgehead atoms. The van der Waals surface area contributed by atoms with Crippen molar-refractivity contribution in [3.63, 3.8) is 0 Å². The highest BCUT2D eigenvalue weighted by Gasteiger charge is 2.36. The monoisotopic (exact) mass is 420 g/mol. The normalized spacial score (nSPS) is 26.7. The largest absolute Gasteiger partial charge is 0.206 e. The molecular formula is C26H32F4. The Kier molecular flexibility index (Phi) is 6.69. The number of fused-ring (bicyclic) bond motifs is 2. The summed E-state index contributed by atoms with van der Waals surface area (Å²) in [5, 5.41) is -0.339. The van der Waals surface area contributed by atoms with E-state index in [4.69, 9.17) is 0 Å². The number of halogens is 4. The van der Waals surface area contributed by atoms with Crippen LogP contribution in [0.2, 0.25) is 0 Å². The molecule has 2 saturated carbocycles. The molecule has 0 amide bonds. The van der Waals surface area contributed by atoms with Crippen molar-refractivity contribution in [2.75, 3.05) is 0 Å². The van der Waals surface area contributed by atoms with E-state index in [1.165, 1.54) is 57.4 Å². The minimum atomic E-state index is -1.61. The summed E-state index contributed by atoms with van der Waals surface area (Å²) in [6, 6.07) is 3.91.